The van der Waals surface area contributed by atoms with Crippen LogP contribution < -0.4 is 15.4 Å². The molecule has 1 aromatic carbocycles. The zero-order valence-corrected chi connectivity index (χ0v) is 21.0. The van der Waals surface area contributed by atoms with E-state index in [1.165, 1.54) is 0 Å². The quantitative estimate of drug-likeness (QED) is 0.341. The number of aromatic nitrogens is 3. The highest BCUT2D eigenvalue weighted by atomic mass is 16.6. The fourth-order valence-corrected chi connectivity index (χ4v) is 4.31. The lowest BCUT2D eigenvalue weighted by molar-refractivity contribution is -0.115. The summed E-state index contributed by atoms with van der Waals surface area (Å²) in [5.41, 5.74) is 4.01. The highest BCUT2D eigenvalue weighted by molar-refractivity contribution is 5.98. The number of hydrogen-bond donors (Lipinski definition) is 3. The van der Waals surface area contributed by atoms with Gasteiger partial charge in [0.05, 0.1) is 18.7 Å². The van der Waals surface area contributed by atoms with Gasteiger partial charge in [0.15, 0.2) is 0 Å². The summed E-state index contributed by atoms with van der Waals surface area (Å²) in [6.07, 6.45) is 7.37. The van der Waals surface area contributed by atoms with Gasteiger partial charge in [-0.15, -0.1) is 0 Å². The maximum Gasteiger partial charge on any atom is 0.408 e. The lowest BCUT2D eigenvalue weighted by Gasteiger charge is -2.24. The van der Waals surface area contributed by atoms with E-state index in [-0.39, 0.29) is 18.6 Å². The molecule has 1 aliphatic rings. The second kappa shape index (κ2) is 9.93. The Kier molecular flexibility index (Phi) is 6.52. The third-order valence-electron chi connectivity index (χ3n) is 5.94. The molecule has 1 aliphatic heterocycles. The number of amides is 2. The molecule has 0 fully saturated rings. The number of para-hydroxylation sites is 1. The summed E-state index contributed by atoms with van der Waals surface area (Å²) in [5.74, 6) is 1.10. The maximum atomic E-state index is 12.6. The Morgan fingerprint density at radius 1 is 1.14 bits per heavy atom. The molecular formula is C28H29N5O4. The largest absolute Gasteiger partial charge is 0.490 e. The number of ether oxygens (including phenoxy) is 2. The summed E-state index contributed by atoms with van der Waals surface area (Å²) < 4.78 is 11.6. The number of H-pyrrole nitrogens is 1. The summed E-state index contributed by atoms with van der Waals surface area (Å²) in [6, 6.07) is 11.5. The zero-order valence-electron chi connectivity index (χ0n) is 21.0. The van der Waals surface area contributed by atoms with E-state index in [1.807, 2.05) is 63.4 Å². The van der Waals surface area contributed by atoms with Gasteiger partial charge in [-0.05, 0) is 51.0 Å². The van der Waals surface area contributed by atoms with Gasteiger partial charge in [0.25, 0.3) is 0 Å². The number of benzene rings is 1. The molecule has 9 nitrogen and oxygen atoms in total. The molecule has 0 bridgehead atoms. The van der Waals surface area contributed by atoms with Crippen molar-refractivity contribution in [2.45, 2.75) is 45.3 Å². The first-order valence-corrected chi connectivity index (χ1v) is 12.1. The number of rotatable bonds is 7. The molecule has 4 heterocycles. The van der Waals surface area contributed by atoms with Gasteiger partial charge < -0.3 is 25.1 Å². The van der Waals surface area contributed by atoms with Crippen molar-refractivity contribution >= 4 is 28.7 Å². The van der Waals surface area contributed by atoms with E-state index in [0.717, 1.165) is 33.2 Å². The molecule has 9 heteroatoms. The van der Waals surface area contributed by atoms with Gasteiger partial charge in [0, 0.05) is 46.2 Å². The van der Waals surface area contributed by atoms with Gasteiger partial charge in [-0.2, -0.15) is 0 Å². The van der Waals surface area contributed by atoms with Gasteiger partial charge in [0.2, 0.25) is 5.91 Å². The molecule has 0 unspecified atom stereocenters. The average Bonchev–Trinajstić information content (AvgIpc) is 3.43. The predicted octanol–water partition coefficient (Wildman–Crippen LogP) is 4.63. The minimum atomic E-state index is -0.613. The van der Waals surface area contributed by atoms with Crippen LogP contribution in [0.5, 0.6) is 5.75 Å². The van der Waals surface area contributed by atoms with Crippen LogP contribution in [0.4, 0.5) is 10.6 Å². The fourth-order valence-electron chi connectivity index (χ4n) is 4.31. The second-order valence-corrected chi connectivity index (χ2v) is 10.1. The second-order valence-electron chi connectivity index (χ2n) is 10.1. The molecule has 5 rings (SSSR count). The molecule has 4 aromatic rings. The number of nitrogens with zero attached hydrogens (tertiary/aromatic N) is 2. The van der Waals surface area contributed by atoms with Crippen LogP contribution in [0.1, 0.15) is 31.9 Å². The summed E-state index contributed by atoms with van der Waals surface area (Å²) in [6.45, 7) is 5.70. The van der Waals surface area contributed by atoms with Gasteiger partial charge >= 0.3 is 6.09 Å². The van der Waals surface area contributed by atoms with Crippen molar-refractivity contribution in [2.24, 2.45) is 0 Å². The Balaban J connectivity index is 1.32. The van der Waals surface area contributed by atoms with Crippen LogP contribution in [-0.4, -0.2) is 45.2 Å². The van der Waals surface area contributed by atoms with Crippen molar-refractivity contribution in [1.82, 2.24) is 20.3 Å². The van der Waals surface area contributed by atoms with Gasteiger partial charge in [-0.3, -0.25) is 9.78 Å². The Bertz CT molecular complexity index is 1460. The van der Waals surface area contributed by atoms with E-state index in [1.54, 1.807) is 18.6 Å². The number of carbonyl (C=O) groups is 2. The van der Waals surface area contributed by atoms with Gasteiger partial charge in [-0.25, -0.2) is 9.78 Å². The van der Waals surface area contributed by atoms with Crippen LogP contribution in [0.15, 0.2) is 61.2 Å². The minimum Gasteiger partial charge on any atom is -0.490 e. The van der Waals surface area contributed by atoms with E-state index in [4.69, 9.17) is 9.47 Å². The lowest BCUT2D eigenvalue weighted by Crippen LogP contribution is -2.43. The lowest BCUT2D eigenvalue weighted by atomic mass is 10.1. The maximum absolute atomic E-state index is 12.6. The third kappa shape index (κ3) is 5.88. The molecule has 0 spiro atoms. The number of hydrogen-bond acceptors (Lipinski definition) is 6. The zero-order chi connectivity index (χ0) is 26.0. The summed E-state index contributed by atoms with van der Waals surface area (Å²) in [4.78, 5) is 36.2. The van der Waals surface area contributed by atoms with Crippen molar-refractivity contribution in [3.05, 3.63) is 72.3 Å². The van der Waals surface area contributed by atoms with Crippen molar-refractivity contribution < 1.29 is 19.1 Å². The molecule has 3 aromatic heterocycles. The number of pyridine rings is 2. The number of carbonyl (C=O) groups excluding carboxylic acids is 2. The third-order valence-corrected chi connectivity index (χ3v) is 5.94. The first-order chi connectivity index (χ1) is 17.7. The fraction of sp³-hybridized carbons (Fsp3) is 0.286. The molecular weight excluding hydrogens is 470 g/mol. The molecule has 37 heavy (non-hydrogen) atoms. The Hall–Kier alpha value is -4.40. The van der Waals surface area contributed by atoms with Gasteiger partial charge in [-0.1, -0.05) is 18.2 Å². The van der Waals surface area contributed by atoms with Crippen molar-refractivity contribution in [1.29, 1.82) is 0 Å². The first kappa shape index (κ1) is 24.3. The summed E-state index contributed by atoms with van der Waals surface area (Å²) >= 11 is 0. The number of anilines is 1. The topological polar surface area (TPSA) is 118 Å². The Labute approximate surface area is 214 Å². The normalized spacial score (nSPS) is 13.6. The standard InChI is InChI=1S/C28H29N5O4/c1-28(2,3)37-27(35)32-21(9-20-14-30-24-7-5-4-6-23(20)24)16-36-22-10-19(12-29-15-22)18-8-17-11-25(34)33-26(17)31-13-18/h4-8,10,12-15,21,30H,9,11,16H2,1-3H3,(H,32,35)(H,31,33,34)/t21-/m0/s1. The van der Waals surface area contributed by atoms with E-state index < -0.39 is 11.7 Å². The van der Waals surface area contributed by atoms with Crippen LogP contribution in [0.2, 0.25) is 0 Å². The van der Waals surface area contributed by atoms with E-state index >= 15 is 0 Å². The van der Waals surface area contributed by atoms with Crippen LogP contribution in [-0.2, 0) is 22.4 Å². The van der Waals surface area contributed by atoms with Crippen molar-refractivity contribution in [2.75, 3.05) is 11.9 Å². The molecule has 0 radical (unpaired) electrons. The average molecular weight is 500 g/mol. The molecule has 3 N–H and O–H groups in total. The van der Waals surface area contributed by atoms with Crippen LogP contribution >= 0.6 is 0 Å². The van der Waals surface area contributed by atoms with Crippen LogP contribution in [0.25, 0.3) is 22.0 Å². The number of aromatic amines is 1. The minimum absolute atomic E-state index is 0.0615. The smallest absolute Gasteiger partial charge is 0.408 e. The highest BCUT2D eigenvalue weighted by Crippen LogP contribution is 2.28. The highest BCUT2D eigenvalue weighted by Gasteiger charge is 2.22. The molecule has 0 aliphatic carbocycles. The molecule has 0 saturated heterocycles. The van der Waals surface area contributed by atoms with E-state index in [9.17, 15) is 9.59 Å². The predicted molar refractivity (Wildman–Crippen MR) is 140 cm³/mol. The Morgan fingerprint density at radius 2 is 1.95 bits per heavy atom. The number of nitrogens with one attached hydrogen (secondary N) is 3. The number of fused-ring (bicyclic) bond motifs is 2. The number of alkyl carbamates (subject to hydrolysis) is 1. The first-order valence-electron chi connectivity index (χ1n) is 12.1. The van der Waals surface area contributed by atoms with E-state index in [0.29, 0.717) is 24.4 Å². The summed E-state index contributed by atoms with van der Waals surface area (Å²) in [5, 5.41) is 6.79. The molecule has 1 atom stereocenters. The molecule has 2 amide bonds. The SMILES string of the molecule is CC(C)(C)OC(=O)N[C@H](COc1cncc(-c2cnc3c(c2)CC(=O)N3)c1)Cc1c[nH]c2ccccc12. The van der Waals surface area contributed by atoms with Crippen LogP contribution in [0, 0.1) is 0 Å². The van der Waals surface area contributed by atoms with Crippen LogP contribution in [0.3, 0.4) is 0 Å². The molecule has 0 saturated carbocycles. The van der Waals surface area contributed by atoms with Crippen molar-refractivity contribution in [3.8, 4) is 16.9 Å². The van der Waals surface area contributed by atoms with Crippen molar-refractivity contribution in [3.63, 3.8) is 0 Å². The Morgan fingerprint density at radius 3 is 2.78 bits per heavy atom. The summed E-state index contributed by atoms with van der Waals surface area (Å²) in [7, 11) is 0. The molecule has 190 valence electrons. The monoisotopic (exact) mass is 499 g/mol. The van der Waals surface area contributed by atoms with E-state index in [2.05, 4.69) is 25.6 Å². The van der Waals surface area contributed by atoms with Gasteiger partial charge in [0.1, 0.15) is 23.8 Å².